The van der Waals surface area contributed by atoms with E-state index in [0.717, 1.165) is 31.0 Å². The van der Waals surface area contributed by atoms with Crippen molar-refractivity contribution < 1.29 is 17.0 Å². The number of imidazole rings is 1. The maximum atomic E-state index is 5.95. The molecule has 0 aliphatic heterocycles. The van der Waals surface area contributed by atoms with Crippen LogP contribution < -0.4 is 28.0 Å². The number of benzene rings is 1. The van der Waals surface area contributed by atoms with Crippen molar-refractivity contribution in [3.05, 3.63) is 42.5 Å². The molecule has 0 unspecified atom stereocenters. The fourth-order valence-corrected chi connectivity index (χ4v) is 1.92. The molecule has 1 aromatic heterocycles. The van der Waals surface area contributed by atoms with Gasteiger partial charge in [-0.3, -0.25) is 0 Å². The molecule has 0 fully saturated rings. The number of aromatic nitrogens is 2. The molecule has 0 spiro atoms. The van der Waals surface area contributed by atoms with Gasteiger partial charge in [-0.2, -0.15) is 0 Å². The second kappa shape index (κ2) is 7.04. The molecule has 0 aliphatic carbocycles. The van der Waals surface area contributed by atoms with Crippen LogP contribution in [0.25, 0.3) is 0 Å². The topological polar surface area (TPSA) is 46.9 Å². The van der Waals surface area contributed by atoms with E-state index in [4.69, 9.17) is 5.73 Å². The lowest BCUT2D eigenvalue weighted by Gasteiger charge is -2.08. The molecule has 5 heteroatoms. The van der Waals surface area contributed by atoms with E-state index in [1.807, 2.05) is 19.1 Å². The van der Waals surface area contributed by atoms with Gasteiger partial charge in [0.2, 0.25) is 6.33 Å². The highest BCUT2D eigenvalue weighted by Crippen LogP contribution is 2.18. The smallest absolute Gasteiger partial charge is 0.243 e. The number of halogens is 1. The predicted molar refractivity (Wildman–Crippen MR) is 74.4 cm³/mol. The number of nitrogens with one attached hydrogen (secondary N) is 1. The van der Waals surface area contributed by atoms with Crippen LogP contribution in [-0.2, 0) is 13.1 Å². The Balaban J connectivity index is 0.00000180. The third-order valence-electron chi connectivity index (χ3n) is 3.00. The van der Waals surface area contributed by atoms with Gasteiger partial charge in [-0.25, -0.2) is 9.13 Å². The summed E-state index contributed by atoms with van der Waals surface area (Å²) in [6.45, 7) is 6.98. The van der Waals surface area contributed by atoms with E-state index in [-0.39, 0.29) is 12.4 Å². The molecule has 0 saturated heterocycles. The van der Waals surface area contributed by atoms with Crippen molar-refractivity contribution in [1.82, 2.24) is 4.57 Å². The first kappa shape index (κ1) is 15.4. The number of rotatable bonds is 5. The molecule has 19 heavy (non-hydrogen) atoms. The minimum atomic E-state index is 0. The first-order valence-electron chi connectivity index (χ1n) is 6.34. The normalized spacial score (nSPS) is 10.0. The molecule has 1 heterocycles. The summed E-state index contributed by atoms with van der Waals surface area (Å²) in [5, 5.41) is 3.36. The Morgan fingerprint density at radius 1 is 1.37 bits per heavy atom. The Morgan fingerprint density at radius 2 is 2.16 bits per heavy atom. The van der Waals surface area contributed by atoms with Crippen LogP contribution in [0.1, 0.15) is 12.5 Å². The minimum Gasteiger partial charge on any atom is -1.00 e. The molecule has 1 aromatic carbocycles. The van der Waals surface area contributed by atoms with E-state index in [9.17, 15) is 0 Å². The molecule has 2 rings (SSSR count). The molecule has 0 atom stereocenters. The Kier molecular flexibility index (Phi) is 5.70. The minimum absolute atomic E-state index is 0. The van der Waals surface area contributed by atoms with Crippen LogP contribution in [0.3, 0.4) is 0 Å². The Hall–Kier alpha value is -1.68. The van der Waals surface area contributed by atoms with Crippen LogP contribution in [0.15, 0.2) is 36.9 Å². The van der Waals surface area contributed by atoms with Gasteiger partial charge in [-0.15, -0.1) is 0 Å². The van der Waals surface area contributed by atoms with E-state index in [1.165, 1.54) is 5.56 Å². The Bertz CT molecular complexity index is 522. The van der Waals surface area contributed by atoms with Gasteiger partial charge in [-0.1, -0.05) is 6.07 Å². The van der Waals surface area contributed by atoms with Crippen molar-refractivity contribution in [2.24, 2.45) is 0 Å². The van der Waals surface area contributed by atoms with Gasteiger partial charge in [0, 0.05) is 0 Å². The number of anilines is 2. The maximum Gasteiger partial charge on any atom is 0.243 e. The lowest BCUT2D eigenvalue weighted by atomic mass is 10.2. The lowest BCUT2D eigenvalue weighted by molar-refractivity contribution is -0.693. The average Bonchev–Trinajstić information content (AvgIpc) is 2.80. The van der Waals surface area contributed by atoms with E-state index in [2.05, 4.69) is 46.2 Å². The van der Waals surface area contributed by atoms with Crippen LogP contribution in [0, 0.1) is 6.92 Å². The number of hydrogen-bond acceptors (Lipinski definition) is 2. The third-order valence-corrected chi connectivity index (χ3v) is 3.00. The van der Waals surface area contributed by atoms with Crippen molar-refractivity contribution in [3.63, 3.8) is 0 Å². The summed E-state index contributed by atoms with van der Waals surface area (Å²) in [4.78, 5) is 0. The standard InChI is InChI=1S/C14H21N4.ClH/c1-3-17-8-9-18(11-17)7-6-16-14-5-4-12(2)10-13(14)15;/h4-5,8-11,16H,3,6-7,15H2,1-2H3;1H/q+1;/p-1. The highest BCUT2D eigenvalue weighted by atomic mass is 35.5. The van der Waals surface area contributed by atoms with Crippen LogP contribution in [0.5, 0.6) is 0 Å². The van der Waals surface area contributed by atoms with Crippen molar-refractivity contribution in [2.75, 3.05) is 17.6 Å². The van der Waals surface area contributed by atoms with Crippen molar-refractivity contribution >= 4 is 11.4 Å². The zero-order valence-corrected chi connectivity index (χ0v) is 12.2. The van der Waals surface area contributed by atoms with E-state index < -0.39 is 0 Å². The van der Waals surface area contributed by atoms with Gasteiger partial charge in [0.1, 0.15) is 18.9 Å². The zero-order chi connectivity index (χ0) is 13.0. The molecule has 0 radical (unpaired) electrons. The van der Waals surface area contributed by atoms with Crippen molar-refractivity contribution in [3.8, 4) is 0 Å². The van der Waals surface area contributed by atoms with Crippen molar-refractivity contribution in [1.29, 1.82) is 0 Å². The van der Waals surface area contributed by atoms with Gasteiger partial charge in [0.15, 0.2) is 0 Å². The first-order chi connectivity index (χ1) is 8.69. The maximum absolute atomic E-state index is 5.95. The summed E-state index contributed by atoms with van der Waals surface area (Å²) in [7, 11) is 0. The fraction of sp³-hybridized carbons (Fsp3) is 0.357. The largest absolute Gasteiger partial charge is 1.00 e. The molecule has 0 aliphatic rings. The molecule has 3 N–H and O–H groups in total. The third kappa shape index (κ3) is 4.17. The molecular formula is C14H21ClN4. The Labute approximate surface area is 120 Å². The van der Waals surface area contributed by atoms with Gasteiger partial charge in [0.05, 0.1) is 24.5 Å². The Morgan fingerprint density at radius 3 is 2.79 bits per heavy atom. The summed E-state index contributed by atoms with van der Waals surface area (Å²) < 4.78 is 4.32. The van der Waals surface area contributed by atoms with Crippen molar-refractivity contribution in [2.45, 2.75) is 26.9 Å². The number of aryl methyl sites for hydroxylation is 2. The fourth-order valence-electron chi connectivity index (χ4n) is 1.92. The number of nitrogens with zero attached hydrogens (tertiary/aromatic N) is 2. The highest BCUT2D eigenvalue weighted by molar-refractivity contribution is 5.66. The second-order valence-electron chi connectivity index (χ2n) is 4.50. The highest BCUT2D eigenvalue weighted by Gasteiger charge is 2.02. The summed E-state index contributed by atoms with van der Waals surface area (Å²) in [6, 6.07) is 6.09. The van der Waals surface area contributed by atoms with E-state index in [1.54, 1.807) is 0 Å². The molecule has 2 aromatic rings. The van der Waals surface area contributed by atoms with Crippen LogP contribution in [-0.4, -0.2) is 11.1 Å². The van der Waals surface area contributed by atoms with Gasteiger partial charge in [-0.05, 0) is 31.5 Å². The lowest BCUT2D eigenvalue weighted by Crippen LogP contribution is -3.00. The number of nitrogens with two attached hydrogens (primary N) is 1. The van der Waals surface area contributed by atoms with Gasteiger partial charge < -0.3 is 23.5 Å². The summed E-state index contributed by atoms with van der Waals surface area (Å²) in [5.74, 6) is 0. The summed E-state index contributed by atoms with van der Waals surface area (Å²) in [6.07, 6.45) is 6.28. The number of hydrogen-bond donors (Lipinski definition) is 2. The summed E-state index contributed by atoms with van der Waals surface area (Å²) >= 11 is 0. The molecule has 104 valence electrons. The molecular weight excluding hydrogens is 260 g/mol. The van der Waals surface area contributed by atoms with E-state index in [0.29, 0.717) is 0 Å². The van der Waals surface area contributed by atoms with Gasteiger partial charge in [0.25, 0.3) is 0 Å². The molecule has 0 saturated carbocycles. The van der Waals surface area contributed by atoms with Crippen LogP contribution in [0.4, 0.5) is 11.4 Å². The molecule has 0 amide bonds. The second-order valence-corrected chi connectivity index (χ2v) is 4.50. The molecule has 0 bridgehead atoms. The quantitative estimate of drug-likeness (QED) is 0.534. The first-order valence-corrected chi connectivity index (χ1v) is 6.34. The SMILES string of the molecule is CC[n+]1ccn(CCNc2ccc(C)cc2N)c1.[Cl-]. The van der Waals surface area contributed by atoms with E-state index >= 15 is 0 Å². The number of nitrogen functional groups attached to an aromatic ring is 1. The van der Waals surface area contributed by atoms with Gasteiger partial charge >= 0.3 is 0 Å². The average molecular weight is 281 g/mol. The summed E-state index contributed by atoms with van der Waals surface area (Å²) in [5.41, 5.74) is 8.96. The van der Waals surface area contributed by atoms with Crippen LogP contribution >= 0.6 is 0 Å². The zero-order valence-electron chi connectivity index (χ0n) is 11.4. The monoisotopic (exact) mass is 280 g/mol. The van der Waals surface area contributed by atoms with Crippen LogP contribution in [0.2, 0.25) is 0 Å². The predicted octanol–water partition coefficient (Wildman–Crippen LogP) is -1.20. The molecule has 4 nitrogen and oxygen atoms in total.